The molecule has 0 N–H and O–H groups in total. The maximum Gasteiger partial charge on any atom is 0.255 e. The average molecular weight is 277 g/mol. The van der Waals surface area contributed by atoms with E-state index >= 15 is 0 Å². The van der Waals surface area contributed by atoms with Crippen molar-refractivity contribution < 1.29 is 4.79 Å². The summed E-state index contributed by atoms with van der Waals surface area (Å²) in [5, 5.41) is 8.74. The van der Waals surface area contributed by atoms with E-state index in [9.17, 15) is 4.79 Å². The second-order valence-electron chi connectivity index (χ2n) is 4.52. The molecule has 1 unspecified atom stereocenters. The summed E-state index contributed by atoms with van der Waals surface area (Å²) >= 11 is 6.06. The SMILES string of the molecule is O=C(c1ccccc1Cl)N1CCC(n2nccn2)C1. The first-order chi connectivity index (χ1) is 9.25. The molecule has 1 fully saturated rings. The van der Waals surface area contributed by atoms with Gasteiger partial charge < -0.3 is 4.90 Å². The summed E-state index contributed by atoms with van der Waals surface area (Å²) in [5.41, 5.74) is 0.554. The molecule has 0 bridgehead atoms. The van der Waals surface area contributed by atoms with E-state index in [1.807, 2.05) is 12.1 Å². The summed E-state index contributed by atoms with van der Waals surface area (Å²) in [6.45, 7) is 1.33. The number of nitrogens with zero attached hydrogens (tertiary/aromatic N) is 4. The smallest absolute Gasteiger partial charge is 0.255 e. The zero-order valence-corrected chi connectivity index (χ0v) is 11.0. The highest BCUT2D eigenvalue weighted by Crippen LogP contribution is 2.24. The molecule has 1 amide bonds. The number of carbonyl (C=O) groups excluding carboxylic acids is 1. The van der Waals surface area contributed by atoms with E-state index in [-0.39, 0.29) is 11.9 Å². The highest BCUT2D eigenvalue weighted by atomic mass is 35.5. The Morgan fingerprint density at radius 2 is 2.00 bits per heavy atom. The Morgan fingerprint density at radius 1 is 1.26 bits per heavy atom. The Morgan fingerprint density at radius 3 is 2.74 bits per heavy atom. The van der Waals surface area contributed by atoms with Crippen LogP contribution < -0.4 is 0 Å². The number of aromatic nitrogens is 3. The minimum Gasteiger partial charge on any atom is -0.336 e. The average Bonchev–Trinajstić information content (AvgIpc) is 3.09. The van der Waals surface area contributed by atoms with E-state index in [1.54, 1.807) is 34.2 Å². The third kappa shape index (κ3) is 2.33. The van der Waals surface area contributed by atoms with Gasteiger partial charge >= 0.3 is 0 Å². The van der Waals surface area contributed by atoms with E-state index in [2.05, 4.69) is 10.2 Å². The number of carbonyl (C=O) groups is 1. The minimum absolute atomic E-state index is 0.0275. The Hall–Kier alpha value is -1.88. The van der Waals surface area contributed by atoms with Crippen LogP contribution in [0.3, 0.4) is 0 Å². The van der Waals surface area contributed by atoms with Gasteiger partial charge in [-0.3, -0.25) is 4.79 Å². The molecule has 1 aromatic heterocycles. The first-order valence-corrected chi connectivity index (χ1v) is 6.53. The minimum atomic E-state index is -0.0275. The second kappa shape index (κ2) is 5.01. The highest BCUT2D eigenvalue weighted by Gasteiger charge is 2.29. The van der Waals surface area contributed by atoms with Crippen LogP contribution in [0.4, 0.5) is 0 Å². The van der Waals surface area contributed by atoms with Gasteiger partial charge in [-0.2, -0.15) is 15.0 Å². The van der Waals surface area contributed by atoms with E-state index in [1.165, 1.54) is 0 Å². The number of likely N-dealkylation sites (tertiary alicyclic amines) is 1. The number of rotatable bonds is 2. The molecular weight excluding hydrogens is 264 g/mol. The quantitative estimate of drug-likeness (QED) is 0.843. The lowest BCUT2D eigenvalue weighted by atomic mass is 10.2. The zero-order valence-electron chi connectivity index (χ0n) is 10.2. The largest absolute Gasteiger partial charge is 0.336 e. The number of amides is 1. The van der Waals surface area contributed by atoms with Crippen LogP contribution in [-0.2, 0) is 0 Å². The van der Waals surface area contributed by atoms with Crippen LogP contribution >= 0.6 is 11.6 Å². The van der Waals surface area contributed by atoms with Crippen molar-refractivity contribution in [3.05, 3.63) is 47.2 Å². The third-order valence-corrected chi connectivity index (χ3v) is 3.65. The summed E-state index contributed by atoms with van der Waals surface area (Å²) in [7, 11) is 0. The Balaban J connectivity index is 1.75. The van der Waals surface area contributed by atoms with Crippen molar-refractivity contribution in [1.29, 1.82) is 0 Å². The number of hydrogen-bond donors (Lipinski definition) is 0. The molecule has 1 atom stereocenters. The summed E-state index contributed by atoms with van der Waals surface area (Å²) in [4.78, 5) is 15.8. The van der Waals surface area contributed by atoms with Crippen molar-refractivity contribution in [3.8, 4) is 0 Å². The summed E-state index contributed by atoms with van der Waals surface area (Å²) < 4.78 is 0. The second-order valence-corrected chi connectivity index (χ2v) is 4.93. The molecule has 2 aromatic rings. The molecule has 1 aliphatic rings. The van der Waals surface area contributed by atoms with Gasteiger partial charge in [0.05, 0.1) is 29.0 Å². The predicted molar refractivity (Wildman–Crippen MR) is 71.0 cm³/mol. The lowest BCUT2D eigenvalue weighted by Gasteiger charge is -2.17. The molecule has 0 spiro atoms. The van der Waals surface area contributed by atoms with Crippen LogP contribution in [0.25, 0.3) is 0 Å². The van der Waals surface area contributed by atoms with Crippen molar-refractivity contribution in [3.63, 3.8) is 0 Å². The zero-order chi connectivity index (χ0) is 13.2. The van der Waals surface area contributed by atoms with Gasteiger partial charge in [-0.15, -0.1) is 0 Å². The molecule has 6 heteroatoms. The molecule has 5 nitrogen and oxygen atoms in total. The molecular formula is C13H13ClN4O. The van der Waals surface area contributed by atoms with Crippen LogP contribution in [0.5, 0.6) is 0 Å². The van der Waals surface area contributed by atoms with Crippen LogP contribution in [-0.4, -0.2) is 38.9 Å². The van der Waals surface area contributed by atoms with Crippen molar-refractivity contribution in [1.82, 2.24) is 19.9 Å². The van der Waals surface area contributed by atoms with Gasteiger partial charge in [0.15, 0.2) is 0 Å². The number of benzene rings is 1. The maximum absolute atomic E-state index is 12.4. The number of hydrogen-bond acceptors (Lipinski definition) is 3. The molecule has 0 saturated carbocycles. The molecule has 2 heterocycles. The molecule has 3 rings (SSSR count). The van der Waals surface area contributed by atoms with Gasteiger partial charge in [0.1, 0.15) is 0 Å². The fraction of sp³-hybridized carbons (Fsp3) is 0.308. The van der Waals surface area contributed by atoms with Gasteiger partial charge in [0.25, 0.3) is 5.91 Å². The first kappa shape index (κ1) is 12.2. The number of halogens is 1. The van der Waals surface area contributed by atoms with Gasteiger partial charge in [0.2, 0.25) is 0 Å². The standard InChI is InChI=1S/C13H13ClN4O/c14-12-4-2-1-3-11(12)13(19)17-8-5-10(9-17)18-15-6-7-16-18/h1-4,6-7,10H,5,8-9H2. The van der Waals surface area contributed by atoms with Gasteiger partial charge in [0, 0.05) is 13.1 Å². The molecule has 1 saturated heterocycles. The fourth-order valence-corrected chi connectivity index (χ4v) is 2.55. The Bertz CT molecular complexity index is 584. The van der Waals surface area contributed by atoms with E-state index < -0.39 is 0 Å². The molecule has 1 aliphatic heterocycles. The van der Waals surface area contributed by atoms with Crippen molar-refractivity contribution >= 4 is 17.5 Å². The lowest BCUT2D eigenvalue weighted by molar-refractivity contribution is 0.0786. The molecule has 19 heavy (non-hydrogen) atoms. The Labute approximate surface area is 115 Å². The molecule has 0 aliphatic carbocycles. The third-order valence-electron chi connectivity index (χ3n) is 3.32. The summed E-state index contributed by atoms with van der Waals surface area (Å²) in [6, 6.07) is 7.28. The van der Waals surface area contributed by atoms with Crippen LogP contribution in [0.1, 0.15) is 22.8 Å². The fourth-order valence-electron chi connectivity index (χ4n) is 2.33. The van der Waals surface area contributed by atoms with Gasteiger partial charge in [-0.25, -0.2) is 0 Å². The molecule has 98 valence electrons. The van der Waals surface area contributed by atoms with E-state index in [0.717, 1.165) is 6.42 Å². The van der Waals surface area contributed by atoms with E-state index in [4.69, 9.17) is 11.6 Å². The van der Waals surface area contributed by atoms with Crippen LogP contribution in [0.2, 0.25) is 5.02 Å². The summed E-state index contributed by atoms with van der Waals surface area (Å²) in [6.07, 6.45) is 4.17. The van der Waals surface area contributed by atoms with Crippen molar-refractivity contribution in [2.24, 2.45) is 0 Å². The normalized spacial score (nSPS) is 18.8. The van der Waals surface area contributed by atoms with Crippen molar-refractivity contribution in [2.75, 3.05) is 13.1 Å². The van der Waals surface area contributed by atoms with Crippen LogP contribution in [0.15, 0.2) is 36.7 Å². The first-order valence-electron chi connectivity index (χ1n) is 6.15. The molecule has 1 aromatic carbocycles. The highest BCUT2D eigenvalue weighted by molar-refractivity contribution is 6.33. The summed E-state index contributed by atoms with van der Waals surface area (Å²) in [5.74, 6) is -0.0275. The van der Waals surface area contributed by atoms with Gasteiger partial charge in [-0.1, -0.05) is 23.7 Å². The van der Waals surface area contributed by atoms with Gasteiger partial charge in [-0.05, 0) is 18.6 Å². The van der Waals surface area contributed by atoms with E-state index in [0.29, 0.717) is 23.7 Å². The molecule has 0 radical (unpaired) electrons. The van der Waals surface area contributed by atoms with Crippen LogP contribution in [0, 0.1) is 0 Å². The monoisotopic (exact) mass is 276 g/mol. The maximum atomic E-state index is 12.4. The topological polar surface area (TPSA) is 51.0 Å². The lowest BCUT2D eigenvalue weighted by Crippen LogP contribution is -2.29. The Kier molecular flexibility index (Phi) is 3.21. The van der Waals surface area contributed by atoms with Crippen molar-refractivity contribution in [2.45, 2.75) is 12.5 Å². The predicted octanol–water partition coefficient (Wildman–Crippen LogP) is 2.02.